The fourth-order valence-electron chi connectivity index (χ4n) is 2.19. The minimum Gasteiger partial charge on any atom is -0.505 e. The van der Waals surface area contributed by atoms with Crippen molar-refractivity contribution in [3.8, 4) is 5.75 Å². The van der Waals surface area contributed by atoms with Gasteiger partial charge in [-0.15, -0.1) is 0 Å². The molecule has 0 aliphatic carbocycles. The van der Waals surface area contributed by atoms with E-state index < -0.39 is 11.9 Å². The van der Waals surface area contributed by atoms with Crippen molar-refractivity contribution < 1.29 is 14.7 Å². The van der Waals surface area contributed by atoms with Crippen LogP contribution >= 0.6 is 0 Å². The van der Waals surface area contributed by atoms with Crippen LogP contribution in [0.2, 0.25) is 0 Å². The number of pyridine rings is 1. The van der Waals surface area contributed by atoms with Crippen molar-refractivity contribution in [1.29, 1.82) is 0 Å². The number of primary amides is 1. The van der Waals surface area contributed by atoms with Crippen LogP contribution < -0.4 is 5.73 Å². The van der Waals surface area contributed by atoms with Crippen molar-refractivity contribution in [2.24, 2.45) is 5.73 Å². The van der Waals surface area contributed by atoms with Crippen LogP contribution in [0.4, 0.5) is 0 Å². The normalized spacial score (nSPS) is 19.6. The molecule has 0 aromatic carbocycles. The Morgan fingerprint density at radius 3 is 2.89 bits per heavy atom. The summed E-state index contributed by atoms with van der Waals surface area (Å²) in [4.78, 5) is 28.8. The van der Waals surface area contributed by atoms with E-state index >= 15 is 0 Å². The molecular weight excluding hydrogens is 234 g/mol. The van der Waals surface area contributed by atoms with Crippen molar-refractivity contribution in [2.75, 3.05) is 6.54 Å². The van der Waals surface area contributed by atoms with Gasteiger partial charge in [-0.3, -0.25) is 14.6 Å². The summed E-state index contributed by atoms with van der Waals surface area (Å²) in [6.45, 7) is 0.480. The van der Waals surface area contributed by atoms with E-state index in [0.717, 1.165) is 12.8 Å². The standard InChI is InChI=1S/C12H15N3O3/c13-11(17)9-3-1-2-6-15(9)12(18)8-4-5-14-7-10(8)16/h4-5,7,9,16H,1-3,6H2,(H2,13,17). The van der Waals surface area contributed by atoms with Crippen LogP contribution in [0.3, 0.4) is 0 Å². The quantitative estimate of drug-likeness (QED) is 0.786. The number of rotatable bonds is 2. The molecule has 2 rings (SSSR count). The highest BCUT2D eigenvalue weighted by Gasteiger charge is 2.32. The smallest absolute Gasteiger partial charge is 0.258 e. The molecule has 1 aliphatic rings. The van der Waals surface area contributed by atoms with E-state index in [2.05, 4.69) is 4.98 Å². The predicted octanol–water partition coefficient (Wildman–Crippen LogP) is 0.267. The average molecular weight is 249 g/mol. The van der Waals surface area contributed by atoms with Crippen molar-refractivity contribution in [2.45, 2.75) is 25.3 Å². The van der Waals surface area contributed by atoms with Crippen LogP contribution in [0.25, 0.3) is 0 Å². The largest absolute Gasteiger partial charge is 0.505 e. The fraction of sp³-hybridized carbons (Fsp3) is 0.417. The molecule has 6 nitrogen and oxygen atoms in total. The Morgan fingerprint density at radius 2 is 2.22 bits per heavy atom. The van der Waals surface area contributed by atoms with Crippen molar-refractivity contribution in [3.63, 3.8) is 0 Å². The second-order valence-corrected chi connectivity index (χ2v) is 4.31. The SMILES string of the molecule is NC(=O)C1CCCCN1C(=O)c1ccncc1O. The minimum atomic E-state index is -0.584. The Labute approximate surface area is 104 Å². The molecule has 6 heteroatoms. The maximum Gasteiger partial charge on any atom is 0.258 e. The van der Waals surface area contributed by atoms with Gasteiger partial charge in [0.05, 0.1) is 11.8 Å². The second-order valence-electron chi connectivity index (χ2n) is 4.31. The lowest BCUT2D eigenvalue weighted by Gasteiger charge is -2.33. The Balaban J connectivity index is 2.27. The van der Waals surface area contributed by atoms with E-state index in [1.807, 2.05) is 0 Å². The zero-order valence-corrected chi connectivity index (χ0v) is 9.87. The topological polar surface area (TPSA) is 96.5 Å². The first-order chi connectivity index (χ1) is 8.61. The van der Waals surface area contributed by atoms with Gasteiger partial charge in [0.2, 0.25) is 5.91 Å². The molecule has 2 heterocycles. The molecule has 1 fully saturated rings. The molecule has 1 atom stereocenters. The highest BCUT2D eigenvalue weighted by atomic mass is 16.3. The number of aromatic nitrogens is 1. The molecule has 18 heavy (non-hydrogen) atoms. The molecular formula is C12H15N3O3. The molecule has 0 radical (unpaired) electrons. The maximum atomic E-state index is 12.3. The van der Waals surface area contributed by atoms with Crippen LogP contribution in [-0.2, 0) is 4.79 Å². The van der Waals surface area contributed by atoms with E-state index in [-0.39, 0.29) is 17.2 Å². The lowest BCUT2D eigenvalue weighted by atomic mass is 10.0. The van der Waals surface area contributed by atoms with Gasteiger partial charge in [0, 0.05) is 12.7 Å². The molecule has 0 saturated carbocycles. The Bertz CT molecular complexity index is 475. The summed E-state index contributed by atoms with van der Waals surface area (Å²) in [5, 5.41) is 9.61. The average Bonchev–Trinajstić information content (AvgIpc) is 2.38. The highest BCUT2D eigenvalue weighted by Crippen LogP contribution is 2.23. The molecule has 1 unspecified atom stereocenters. The highest BCUT2D eigenvalue weighted by molar-refractivity contribution is 5.99. The van der Waals surface area contributed by atoms with Crippen LogP contribution in [0.5, 0.6) is 5.75 Å². The van der Waals surface area contributed by atoms with Crippen molar-refractivity contribution in [1.82, 2.24) is 9.88 Å². The third-order valence-corrected chi connectivity index (χ3v) is 3.12. The lowest BCUT2D eigenvalue weighted by Crippen LogP contribution is -2.50. The van der Waals surface area contributed by atoms with Crippen LogP contribution in [0.1, 0.15) is 29.6 Å². The van der Waals surface area contributed by atoms with E-state index in [1.165, 1.54) is 23.4 Å². The van der Waals surface area contributed by atoms with E-state index in [1.54, 1.807) is 0 Å². The first kappa shape index (κ1) is 12.3. The van der Waals surface area contributed by atoms with E-state index in [0.29, 0.717) is 13.0 Å². The molecule has 1 aromatic rings. The zero-order chi connectivity index (χ0) is 13.1. The fourth-order valence-corrected chi connectivity index (χ4v) is 2.19. The summed E-state index contributed by atoms with van der Waals surface area (Å²) >= 11 is 0. The molecule has 3 N–H and O–H groups in total. The summed E-state index contributed by atoms with van der Waals surface area (Å²) in [5.41, 5.74) is 5.45. The van der Waals surface area contributed by atoms with Crippen molar-refractivity contribution in [3.05, 3.63) is 24.0 Å². The lowest BCUT2D eigenvalue weighted by molar-refractivity contribution is -0.123. The number of hydrogen-bond donors (Lipinski definition) is 2. The molecule has 96 valence electrons. The molecule has 2 amide bonds. The number of nitrogens with zero attached hydrogens (tertiary/aromatic N) is 2. The number of carbonyl (C=O) groups is 2. The van der Waals surface area contributed by atoms with Crippen LogP contribution in [-0.4, -0.2) is 39.4 Å². The van der Waals surface area contributed by atoms with Gasteiger partial charge in [-0.05, 0) is 25.3 Å². The molecule has 1 saturated heterocycles. The summed E-state index contributed by atoms with van der Waals surface area (Å²) in [7, 11) is 0. The molecule has 1 aliphatic heterocycles. The van der Waals surface area contributed by atoms with Gasteiger partial charge < -0.3 is 15.7 Å². The van der Waals surface area contributed by atoms with Gasteiger partial charge in [0.25, 0.3) is 5.91 Å². The number of hydrogen-bond acceptors (Lipinski definition) is 4. The van der Waals surface area contributed by atoms with Gasteiger partial charge in [0.1, 0.15) is 11.8 Å². The van der Waals surface area contributed by atoms with Gasteiger partial charge in [0.15, 0.2) is 0 Å². The van der Waals surface area contributed by atoms with Gasteiger partial charge >= 0.3 is 0 Å². The van der Waals surface area contributed by atoms with Crippen molar-refractivity contribution >= 4 is 11.8 Å². The van der Waals surface area contributed by atoms with Gasteiger partial charge in [-0.2, -0.15) is 0 Å². The Kier molecular flexibility index (Phi) is 3.45. The third-order valence-electron chi connectivity index (χ3n) is 3.12. The molecule has 1 aromatic heterocycles. The summed E-state index contributed by atoms with van der Waals surface area (Å²) in [5.74, 6) is -1.06. The molecule has 0 spiro atoms. The minimum absolute atomic E-state index is 0.151. The summed E-state index contributed by atoms with van der Waals surface area (Å²) in [6.07, 6.45) is 4.92. The Hall–Kier alpha value is -2.11. The summed E-state index contributed by atoms with van der Waals surface area (Å²) in [6, 6.07) is 0.850. The first-order valence-electron chi connectivity index (χ1n) is 5.84. The number of aromatic hydroxyl groups is 1. The van der Waals surface area contributed by atoms with E-state index in [9.17, 15) is 14.7 Å². The van der Waals surface area contributed by atoms with E-state index in [4.69, 9.17) is 5.73 Å². The maximum absolute atomic E-state index is 12.3. The number of nitrogens with two attached hydrogens (primary N) is 1. The monoisotopic (exact) mass is 249 g/mol. The Morgan fingerprint density at radius 1 is 1.44 bits per heavy atom. The van der Waals surface area contributed by atoms with Crippen LogP contribution in [0, 0.1) is 0 Å². The zero-order valence-electron chi connectivity index (χ0n) is 9.87. The summed E-state index contributed by atoms with van der Waals surface area (Å²) < 4.78 is 0. The third kappa shape index (κ3) is 2.27. The number of amides is 2. The predicted molar refractivity (Wildman–Crippen MR) is 63.8 cm³/mol. The first-order valence-corrected chi connectivity index (χ1v) is 5.84. The number of likely N-dealkylation sites (tertiary alicyclic amines) is 1. The second kappa shape index (κ2) is 5.03. The number of piperidine rings is 1. The van der Waals surface area contributed by atoms with Crippen LogP contribution in [0.15, 0.2) is 18.5 Å². The molecule has 0 bridgehead atoms. The van der Waals surface area contributed by atoms with Gasteiger partial charge in [-0.25, -0.2) is 0 Å². The number of carbonyl (C=O) groups excluding carboxylic acids is 2. The van der Waals surface area contributed by atoms with Gasteiger partial charge in [-0.1, -0.05) is 0 Å².